The predicted octanol–water partition coefficient (Wildman–Crippen LogP) is 4.60. The Labute approximate surface area is 171 Å². The second-order valence-corrected chi connectivity index (χ2v) is 7.59. The normalized spacial score (nSPS) is 16.2. The number of fused-ring (bicyclic) bond motifs is 1. The molecule has 150 valence electrons. The van der Waals surface area contributed by atoms with Crippen molar-refractivity contribution in [1.82, 2.24) is 9.88 Å². The van der Waals surface area contributed by atoms with Gasteiger partial charge in [-0.2, -0.15) is 0 Å². The van der Waals surface area contributed by atoms with Crippen LogP contribution in [0.25, 0.3) is 10.9 Å². The molecular weight excluding hydrogens is 364 g/mol. The fraction of sp³-hybridized carbons (Fsp3) is 0.333. The molecule has 1 unspecified atom stereocenters. The van der Waals surface area contributed by atoms with E-state index >= 15 is 0 Å². The highest BCUT2D eigenvalue weighted by molar-refractivity contribution is 5.86. The number of pyridine rings is 1. The Morgan fingerprint density at radius 2 is 2.03 bits per heavy atom. The summed E-state index contributed by atoms with van der Waals surface area (Å²) in [6.45, 7) is 4.75. The van der Waals surface area contributed by atoms with Gasteiger partial charge in [0.25, 0.3) is 5.91 Å². The Bertz CT molecular complexity index is 1050. The Morgan fingerprint density at radius 1 is 1.17 bits per heavy atom. The number of nitrogens with zero attached hydrogens (tertiary/aromatic N) is 2. The lowest BCUT2D eigenvalue weighted by atomic mass is 10.0. The Morgan fingerprint density at radius 3 is 2.86 bits per heavy atom. The standard InChI is InChI=1S/C24H26N2O3/c1-16-9-10-21-20(12-16)23(13-17(2)25-21)29-15-24(27)26-11-5-8-22(26)18-6-4-7-19(14-18)28-3/h4,6-7,9-10,12-14,22H,5,8,11,15H2,1-3H3. The number of carbonyl (C=O) groups excluding carboxylic acids is 1. The molecule has 0 radical (unpaired) electrons. The summed E-state index contributed by atoms with van der Waals surface area (Å²) in [6.07, 6.45) is 1.94. The maximum Gasteiger partial charge on any atom is 0.261 e. The third kappa shape index (κ3) is 4.04. The van der Waals surface area contributed by atoms with Gasteiger partial charge in [-0.15, -0.1) is 0 Å². The number of likely N-dealkylation sites (tertiary alicyclic amines) is 1. The molecule has 4 rings (SSSR count). The molecule has 0 aliphatic carbocycles. The highest BCUT2D eigenvalue weighted by Gasteiger charge is 2.30. The van der Waals surface area contributed by atoms with Gasteiger partial charge in [0.1, 0.15) is 11.5 Å². The molecule has 1 saturated heterocycles. The number of methoxy groups -OCH3 is 1. The first kappa shape index (κ1) is 19.2. The molecule has 3 aromatic rings. The summed E-state index contributed by atoms with van der Waals surface area (Å²) >= 11 is 0. The molecule has 2 heterocycles. The van der Waals surface area contributed by atoms with Gasteiger partial charge < -0.3 is 14.4 Å². The number of hydrogen-bond acceptors (Lipinski definition) is 4. The minimum absolute atomic E-state index is 0.00517. The van der Waals surface area contributed by atoms with Crippen LogP contribution in [0.3, 0.4) is 0 Å². The van der Waals surface area contributed by atoms with Gasteiger partial charge in [-0.25, -0.2) is 0 Å². The monoisotopic (exact) mass is 390 g/mol. The van der Waals surface area contributed by atoms with Gasteiger partial charge in [0.15, 0.2) is 6.61 Å². The van der Waals surface area contributed by atoms with E-state index in [4.69, 9.17) is 9.47 Å². The molecule has 5 nitrogen and oxygen atoms in total. The Balaban J connectivity index is 1.52. The number of hydrogen-bond donors (Lipinski definition) is 0. The van der Waals surface area contributed by atoms with Crippen molar-refractivity contribution in [3.05, 3.63) is 65.4 Å². The van der Waals surface area contributed by atoms with E-state index in [0.717, 1.165) is 52.9 Å². The lowest BCUT2D eigenvalue weighted by Crippen LogP contribution is -2.34. The maximum absolute atomic E-state index is 13.0. The average Bonchev–Trinajstić information content (AvgIpc) is 3.22. The average molecular weight is 390 g/mol. The lowest BCUT2D eigenvalue weighted by Gasteiger charge is -2.25. The van der Waals surface area contributed by atoms with Crippen molar-refractivity contribution in [2.75, 3.05) is 20.3 Å². The Kier molecular flexibility index (Phi) is 5.38. The van der Waals surface area contributed by atoms with Crippen molar-refractivity contribution in [3.8, 4) is 11.5 Å². The van der Waals surface area contributed by atoms with Crippen LogP contribution in [0, 0.1) is 13.8 Å². The van der Waals surface area contributed by atoms with E-state index in [2.05, 4.69) is 17.1 Å². The fourth-order valence-corrected chi connectivity index (χ4v) is 4.04. The van der Waals surface area contributed by atoms with E-state index < -0.39 is 0 Å². The van der Waals surface area contributed by atoms with Crippen LogP contribution in [-0.2, 0) is 4.79 Å². The van der Waals surface area contributed by atoms with Crippen molar-refractivity contribution in [2.45, 2.75) is 32.7 Å². The largest absolute Gasteiger partial charge is 0.497 e. The zero-order chi connectivity index (χ0) is 20.4. The molecule has 0 bridgehead atoms. The number of aromatic nitrogens is 1. The van der Waals surface area contributed by atoms with Crippen LogP contribution in [0.4, 0.5) is 0 Å². The van der Waals surface area contributed by atoms with E-state index in [1.807, 2.05) is 55.1 Å². The van der Waals surface area contributed by atoms with Crippen molar-refractivity contribution in [2.24, 2.45) is 0 Å². The van der Waals surface area contributed by atoms with Crippen molar-refractivity contribution in [3.63, 3.8) is 0 Å². The fourth-order valence-electron chi connectivity index (χ4n) is 4.04. The summed E-state index contributed by atoms with van der Waals surface area (Å²) in [5.74, 6) is 1.53. The lowest BCUT2D eigenvalue weighted by molar-refractivity contribution is -0.134. The number of rotatable bonds is 5. The van der Waals surface area contributed by atoms with Gasteiger partial charge >= 0.3 is 0 Å². The molecule has 1 amide bonds. The summed E-state index contributed by atoms with van der Waals surface area (Å²) in [4.78, 5) is 19.5. The molecule has 0 N–H and O–H groups in total. The summed E-state index contributed by atoms with van der Waals surface area (Å²) in [7, 11) is 1.66. The van der Waals surface area contributed by atoms with Crippen LogP contribution < -0.4 is 9.47 Å². The molecule has 1 aromatic heterocycles. The number of aryl methyl sites for hydroxylation is 2. The van der Waals surface area contributed by atoms with Gasteiger partial charge in [-0.05, 0) is 56.5 Å². The molecule has 29 heavy (non-hydrogen) atoms. The molecule has 1 aliphatic heterocycles. The topological polar surface area (TPSA) is 51.7 Å². The number of ether oxygens (including phenoxy) is 2. The minimum atomic E-state index is 0.00517. The highest BCUT2D eigenvalue weighted by atomic mass is 16.5. The number of amides is 1. The van der Waals surface area contributed by atoms with Crippen molar-refractivity contribution >= 4 is 16.8 Å². The van der Waals surface area contributed by atoms with E-state index in [9.17, 15) is 4.79 Å². The SMILES string of the molecule is COc1cccc(C2CCCN2C(=O)COc2cc(C)nc3ccc(C)cc23)c1. The summed E-state index contributed by atoms with van der Waals surface area (Å²) in [5, 5.41) is 0.939. The molecule has 0 saturated carbocycles. The quantitative estimate of drug-likeness (QED) is 0.639. The zero-order valence-corrected chi connectivity index (χ0v) is 17.1. The van der Waals surface area contributed by atoms with Gasteiger partial charge in [0.05, 0.1) is 18.7 Å². The Hall–Kier alpha value is -3.08. The molecular formula is C24H26N2O3. The summed E-state index contributed by atoms with van der Waals surface area (Å²) in [5.41, 5.74) is 4.00. The van der Waals surface area contributed by atoms with Crippen LogP contribution in [0.1, 0.15) is 35.7 Å². The second kappa shape index (κ2) is 8.11. The first-order valence-electron chi connectivity index (χ1n) is 9.99. The third-order valence-electron chi connectivity index (χ3n) is 5.46. The minimum Gasteiger partial charge on any atom is -0.497 e. The van der Waals surface area contributed by atoms with Crippen LogP contribution in [0.5, 0.6) is 11.5 Å². The van der Waals surface area contributed by atoms with Crippen molar-refractivity contribution in [1.29, 1.82) is 0 Å². The van der Waals surface area contributed by atoms with Crippen molar-refractivity contribution < 1.29 is 14.3 Å². The van der Waals surface area contributed by atoms with Crippen LogP contribution >= 0.6 is 0 Å². The molecule has 0 spiro atoms. The second-order valence-electron chi connectivity index (χ2n) is 7.59. The summed E-state index contributed by atoms with van der Waals surface area (Å²) < 4.78 is 11.3. The van der Waals surface area contributed by atoms with E-state index in [-0.39, 0.29) is 18.6 Å². The zero-order valence-electron chi connectivity index (χ0n) is 17.1. The van der Waals surface area contributed by atoms with Crippen LogP contribution in [0.2, 0.25) is 0 Å². The van der Waals surface area contributed by atoms with Gasteiger partial charge in [-0.1, -0.05) is 23.8 Å². The molecule has 1 fully saturated rings. The number of carbonyl (C=O) groups is 1. The van der Waals surface area contributed by atoms with E-state index in [0.29, 0.717) is 5.75 Å². The molecule has 1 atom stereocenters. The smallest absolute Gasteiger partial charge is 0.261 e. The first-order valence-corrected chi connectivity index (χ1v) is 9.99. The highest BCUT2D eigenvalue weighted by Crippen LogP contribution is 2.34. The van der Waals surface area contributed by atoms with Gasteiger partial charge in [0, 0.05) is 23.7 Å². The molecule has 2 aromatic carbocycles. The summed E-state index contributed by atoms with van der Waals surface area (Å²) in [6, 6.07) is 16.0. The predicted molar refractivity (Wildman–Crippen MR) is 113 cm³/mol. The van der Waals surface area contributed by atoms with Crippen LogP contribution in [0.15, 0.2) is 48.5 Å². The number of benzene rings is 2. The third-order valence-corrected chi connectivity index (χ3v) is 5.46. The van der Waals surface area contributed by atoms with Crippen LogP contribution in [-0.4, -0.2) is 36.1 Å². The van der Waals surface area contributed by atoms with E-state index in [1.54, 1.807) is 7.11 Å². The maximum atomic E-state index is 13.0. The molecule has 5 heteroatoms. The van der Waals surface area contributed by atoms with E-state index in [1.165, 1.54) is 0 Å². The van der Waals surface area contributed by atoms with Gasteiger partial charge in [-0.3, -0.25) is 9.78 Å². The molecule has 1 aliphatic rings. The van der Waals surface area contributed by atoms with Gasteiger partial charge in [0.2, 0.25) is 0 Å². The first-order chi connectivity index (χ1) is 14.0.